The summed E-state index contributed by atoms with van der Waals surface area (Å²) in [5.74, 6) is -0.175. The summed E-state index contributed by atoms with van der Waals surface area (Å²) in [7, 11) is 0. The normalized spacial score (nSPS) is 10.8. The molecule has 19 heavy (non-hydrogen) atoms. The molecular weight excluding hydrogens is 285 g/mol. The van der Waals surface area contributed by atoms with Crippen LogP contribution in [0, 0.1) is 0 Å². The van der Waals surface area contributed by atoms with Crippen molar-refractivity contribution >= 4 is 29.1 Å². The van der Waals surface area contributed by atoms with Gasteiger partial charge in [-0.2, -0.15) is 0 Å². The van der Waals surface area contributed by atoms with Gasteiger partial charge < -0.3 is 10.2 Å². The van der Waals surface area contributed by atoms with Crippen LogP contribution in [0.5, 0.6) is 0 Å². The van der Waals surface area contributed by atoms with E-state index >= 15 is 0 Å². The van der Waals surface area contributed by atoms with E-state index < -0.39 is 0 Å². The predicted molar refractivity (Wildman–Crippen MR) is 79.0 cm³/mol. The summed E-state index contributed by atoms with van der Waals surface area (Å²) in [6.45, 7) is 7.92. The van der Waals surface area contributed by atoms with Crippen molar-refractivity contribution in [3.63, 3.8) is 0 Å². The summed E-state index contributed by atoms with van der Waals surface area (Å²) in [5, 5.41) is 3.29. The number of carbonyl (C=O) groups excluding carboxylic acids is 1. The zero-order valence-electron chi connectivity index (χ0n) is 11.2. The molecule has 0 saturated carbocycles. The topological polar surface area (TPSA) is 45.2 Å². The Labute approximate surface area is 124 Å². The molecule has 0 aliphatic heterocycles. The van der Waals surface area contributed by atoms with E-state index in [0.717, 1.165) is 26.1 Å². The number of aromatic nitrogens is 1. The largest absolute Gasteiger partial charge is 0.352 e. The van der Waals surface area contributed by atoms with Crippen LogP contribution in [0.3, 0.4) is 0 Å². The molecule has 0 aliphatic rings. The van der Waals surface area contributed by atoms with Crippen LogP contribution in [-0.4, -0.2) is 42.0 Å². The highest BCUT2D eigenvalue weighted by atomic mass is 35.5. The molecule has 1 N–H and O–H groups in total. The molecule has 6 heteroatoms. The quantitative estimate of drug-likeness (QED) is 0.622. The van der Waals surface area contributed by atoms with Gasteiger partial charge in [-0.05, 0) is 38.2 Å². The maximum atomic E-state index is 11.9. The summed E-state index contributed by atoms with van der Waals surface area (Å²) in [6, 6.07) is 3.01. The molecule has 0 atom stereocenters. The summed E-state index contributed by atoms with van der Waals surface area (Å²) < 4.78 is 0. The number of carbonyl (C=O) groups is 1. The molecule has 0 fully saturated rings. The predicted octanol–water partition coefficient (Wildman–Crippen LogP) is 2.85. The maximum Gasteiger partial charge on any atom is 0.251 e. The molecular formula is C13H19Cl2N3O. The second kappa shape index (κ2) is 8.35. The number of pyridine rings is 1. The van der Waals surface area contributed by atoms with E-state index in [4.69, 9.17) is 23.2 Å². The number of halogens is 2. The summed E-state index contributed by atoms with van der Waals surface area (Å²) >= 11 is 11.5. The lowest BCUT2D eigenvalue weighted by Gasteiger charge is -2.17. The first-order valence-corrected chi connectivity index (χ1v) is 7.16. The van der Waals surface area contributed by atoms with Crippen LogP contribution in [0.1, 0.15) is 30.6 Å². The Bertz CT molecular complexity index is 402. The number of hydrogen-bond acceptors (Lipinski definition) is 3. The molecule has 0 saturated heterocycles. The van der Waals surface area contributed by atoms with Gasteiger partial charge in [0, 0.05) is 12.1 Å². The number of rotatable bonds is 7. The number of nitrogens with zero attached hydrogens (tertiary/aromatic N) is 2. The van der Waals surface area contributed by atoms with E-state index in [0.29, 0.717) is 12.1 Å². The summed E-state index contributed by atoms with van der Waals surface area (Å²) in [4.78, 5) is 18.0. The molecule has 0 aliphatic carbocycles. The molecule has 0 unspecified atom stereocenters. The van der Waals surface area contributed by atoms with Gasteiger partial charge in [0.05, 0.1) is 0 Å². The average Bonchev–Trinajstić information content (AvgIpc) is 2.37. The number of hydrogen-bond donors (Lipinski definition) is 1. The molecule has 1 heterocycles. The van der Waals surface area contributed by atoms with Crippen LogP contribution in [0.2, 0.25) is 10.3 Å². The lowest BCUT2D eigenvalue weighted by Crippen LogP contribution is -2.29. The molecule has 0 spiro atoms. The van der Waals surface area contributed by atoms with Gasteiger partial charge in [0.25, 0.3) is 5.91 Å². The van der Waals surface area contributed by atoms with Gasteiger partial charge in [0.1, 0.15) is 10.3 Å². The van der Waals surface area contributed by atoms with Crippen molar-refractivity contribution in [3.05, 3.63) is 28.0 Å². The lowest BCUT2D eigenvalue weighted by molar-refractivity contribution is 0.0951. The molecule has 1 aromatic heterocycles. The van der Waals surface area contributed by atoms with Gasteiger partial charge >= 0.3 is 0 Å². The summed E-state index contributed by atoms with van der Waals surface area (Å²) in [5.41, 5.74) is 0.438. The maximum absolute atomic E-state index is 11.9. The SMILES string of the molecule is CCN(CC)CCCNC(=O)c1cc(Cl)nc(Cl)c1. The highest BCUT2D eigenvalue weighted by Crippen LogP contribution is 2.14. The average molecular weight is 304 g/mol. The third-order valence-electron chi connectivity index (χ3n) is 2.86. The minimum Gasteiger partial charge on any atom is -0.352 e. The first-order chi connectivity index (χ1) is 9.06. The van der Waals surface area contributed by atoms with Gasteiger partial charge in [0.15, 0.2) is 0 Å². The van der Waals surface area contributed by atoms with E-state index in [1.165, 1.54) is 12.1 Å². The molecule has 1 aromatic rings. The smallest absolute Gasteiger partial charge is 0.251 e. The van der Waals surface area contributed by atoms with Crippen LogP contribution >= 0.6 is 23.2 Å². The fourth-order valence-electron chi connectivity index (χ4n) is 1.74. The van der Waals surface area contributed by atoms with Crippen LogP contribution in [0.4, 0.5) is 0 Å². The Hall–Kier alpha value is -0.840. The zero-order valence-corrected chi connectivity index (χ0v) is 12.8. The lowest BCUT2D eigenvalue weighted by atomic mass is 10.2. The highest BCUT2D eigenvalue weighted by Gasteiger charge is 2.08. The Kier molecular flexibility index (Phi) is 7.13. The molecule has 0 aromatic carbocycles. The Morgan fingerprint density at radius 1 is 1.26 bits per heavy atom. The van der Waals surface area contributed by atoms with Crippen molar-refractivity contribution in [2.75, 3.05) is 26.2 Å². The van der Waals surface area contributed by atoms with E-state index in [9.17, 15) is 4.79 Å². The van der Waals surface area contributed by atoms with Crippen molar-refractivity contribution in [1.82, 2.24) is 15.2 Å². The Morgan fingerprint density at radius 2 is 1.84 bits per heavy atom. The van der Waals surface area contributed by atoms with Crippen molar-refractivity contribution in [3.8, 4) is 0 Å². The Balaban J connectivity index is 2.39. The van der Waals surface area contributed by atoms with Crippen LogP contribution in [0.15, 0.2) is 12.1 Å². The second-order valence-corrected chi connectivity index (χ2v) is 4.91. The molecule has 106 valence electrons. The fourth-order valence-corrected chi connectivity index (χ4v) is 2.20. The minimum absolute atomic E-state index is 0.175. The fraction of sp³-hybridized carbons (Fsp3) is 0.538. The molecule has 1 amide bonds. The van der Waals surface area contributed by atoms with Gasteiger partial charge in [-0.1, -0.05) is 37.0 Å². The van der Waals surface area contributed by atoms with E-state index in [1.807, 2.05) is 0 Å². The van der Waals surface area contributed by atoms with E-state index in [1.54, 1.807) is 0 Å². The van der Waals surface area contributed by atoms with Gasteiger partial charge in [-0.25, -0.2) is 4.98 Å². The third-order valence-corrected chi connectivity index (χ3v) is 3.24. The molecule has 4 nitrogen and oxygen atoms in total. The van der Waals surface area contributed by atoms with Crippen LogP contribution in [-0.2, 0) is 0 Å². The monoisotopic (exact) mass is 303 g/mol. The van der Waals surface area contributed by atoms with Crippen LogP contribution in [0.25, 0.3) is 0 Å². The standard InChI is InChI=1S/C13H19Cl2N3O/c1-3-18(4-2)7-5-6-16-13(19)10-8-11(14)17-12(15)9-10/h8-9H,3-7H2,1-2H3,(H,16,19). The second-order valence-electron chi connectivity index (χ2n) is 4.14. The van der Waals surface area contributed by atoms with E-state index in [2.05, 4.69) is 29.0 Å². The molecule has 0 bridgehead atoms. The number of amides is 1. The van der Waals surface area contributed by atoms with Gasteiger partial charge in [0.2, 0.25) is 0 Å². The first kappa shape index (κ1) is 16.2. The number of nitrogens with one attached hydrogen (secondary N) is 1. The van der Waals surface area contributed by atoms with E-state index in [-0.39, 0.29) is 16.2 Å². The van der Waals surface area contributed by atoms with Crippen molar-refractivity contribution < 1.29 is 4.79 Å². The van der Waals surface area contributed by atoms with Crippen molar-refractivity contribution in [2.45, 2.75) is 20.3 Å². The van der Waals surface area contributed by atoms with Crippen molar-refractivity contribution in [2.24, 2.45) is 0 Å². The van der Waals surface area contributed by atoms with Gasteiger partial charge in [-0.15, -0.1) is 0 Å². The molecule has 1 rings (SSSR count). The highest BCUT2D eigenvalue weighted by molar-refractivity contribution is 6.33. The zero-order chi connectivity index (χ0) is 14.3. The summed E-state index contributed by atoms with van der Waals surface area (Å²) in [6.07, 6.45) is 0.917. The third kappa shape index (κ3) is 5.76. The van der Waals surface area contributed by atoms with Crippen LogP contribution < -0.4 is 5.32 Å². The first-order valence-electron chi connectivity index (χ1n) is 6.40. The van der Waals surface area contributed by atoms with Crippen molar-refractivity contribution in [1.29, 1.82) is 0 Å². The molecule has 0 radical (unpaired) electrons. The van der Waals surface area contributed by atoms with Gasteiger partial charge in [-0.3, -0.25) is 4.79 Å². The minimum atomic E-state index is -0.175. The Morgan fingerprint density at radius 3 is 2.37 bits per heavy atom.